The van der Waals surface area contributed by atoms with Gasteiger partial charge in [0.2, 0.25) is 0 Å². The van der Waals surface area contributed by atoms with Crippen LogP contribution in [0.4, 0.5) is 0 Å². The van der Waals surface area contributed by atoms with Crippen LogP contribution < -0.4 is 4.74 Å². The predicted octanol–water partition coefficient (Wildman–Crippen LogP) is 4.56. The molecule has 0 spiro atoms. The first kappa shape index (κ1) is 15.3. The smallest absolute Gasteiger partial charge is 0.124 e. The average Bonchev–Trinajstić information content (AvgIpc) is 2.90. The third-order valence-corrected chi connectivity index (χ3v) is 4.58. The van der Waals surface area contributed by atoms with Crippen molar-refractivity contribution in [3.05, 3.63) is 47.5 Å². The Bertz CT molecular complexity index is 768. The first-order chi connectivity index (χ1) is 10.6. The van der Waals surface area contributed by atoms with Crippen LogP contribution in [-0.4, -0.2) is 37.1 Å². The lowest BCUT2D eigenvalue weighted by Gasteiger charge is -2.11. The van der Waals surface area contributed by atoms with Crippen molar-refractivity contribution >= 4 is 33.2 Å². The van der Waals surface area contributed by atoms with E-state index < -0.39 is 0 Å². The van der Waals surface area contributed by atoms with E-state index in [0.29, 0.717) is 11.6 Å². The van der Waals surface area contributed by atoms with Crippen molar-refractivity contribution in [3.8, 4) is 16.3 Å². The van der Waals surface area contributed by atoms with E-state index >= 15 is 0 Å². The second-order valence-electron chi connectivity index (χ2n) is 5.31. The number of nitrogens with zero attached hydrogens (tertiary/aromatic N) is 2. The number of likely N-dealkylation sites (N-methyl/N-ethyl adjacent to an activating group) is 1. The molecule has 0 saturated carbocycles. The largest absolute Gasteiger partial charge is 0.492 e. The summed E-state index contributed by atoms with van der Waals surface area (Å²) in [7, 11) is 4.07. The van der Waals surface area contributed by atoms with E-state index in [9.17, 15) is 0 Å². The monoisotopic (exact) mass is 332 g/mol. The SMILES string of the molecule is CN(C)CCOc1ccc(-c2nc3cc(Cl)ccc3s2)cc1. The van der Waals surface area contributed by atoms with Crippen LogP contribution >= 0.6 is 22.9 Å². The van der Waals surface area contributed by atoms with Crippen LogP contribution in [0, 0.1) is 0 Å². The van der Waals surface area contributed by atoms with Crippen LogP contribution in [0.25, 0.3) is 20.8 Å². The summed E-state index contributed by atoms with van der Waals surface area (Å²) in [6.07, 6.45) is 0. The van der Waals surface area contributed by atoms with Crippen molar-refractivity contribution < 1.29 is 4.74 Å². The Morgan fingerprint density at radius 3 is 2.64 bits per heavy atom. The number of hydrogen-bond donors (Lipinski definition) is 0. The number of halogens is 1. The number of benzene rings is 2. The van der Waals surface area contributed by atoms with Gasteiger partial charge in [-0.3, -0.25) is 0 Å². The maximum atomic E-state index is 6.01. The molecule has 0 unspecified atom stereocenters. The first-order valence-electron chi connectivity index (χ1n) is 7.06. The molecule has 0 amide bonds. The Kier molecular flexibility index (Phi) is 4.62. The highest BCUT2D eigenvalue weighted by Gasteiger charge is 2.07. The molecule has 22 heavy (non-hydrogen) atoms. The van der Waals surface area contributed by atoms with Gasteiger partial charge in [-0.25, -0.2) is 4.98 Å². The Balaban J connectivity index is 1.76. The zero-order chi connectivity index (χ0) is 15.5. The standard InChI is InChI=1S/C17H17ClN2OS/c1-20(2)9-10-21-14-6-3-12(4-7-14)17-19-15-11-13(18)5-8-16(15)22-17/h3-8,11H,9-10H2,1-2H3. The van der Waals surface area contributed by atoms with Gasteiger partial charge in [-0.05, 0) is 56.6 Å². The van der Waals surface area contributed by atoms with Crippen molar-refractivity contribution in [2.45, 2.75) is 0 Å². The molecule has 0 aliphatic carbocycles. The minimum absolute atomic E-state index is 0.686. The van der Waals surface area contributed by atoms with Gasteiger partial charge in [0, 0.05) is 17.1 Å². The zero-order valence-electron chi connectivity index (χ0n) is 12.5. The van der Waals surface area contributed by atoms with Gasteiger partial charge in [-0.2, -0.15) is 0 Å². The fourth-order valence-electron chi connectivity index (χ4n) is 2.06. The molecular formula is C17H17ClN2OS. The van der Waals surface area contributed by atoms with Crippen molar-refractivity contribution in [1.29, 1.82) is 0 Å². The summed E-state index contributed by atoms with van der Waals surface area (Å²) >= 11 is 7.68. The normalized spacial score (nSPS) is 11.3. The van der Waals surface area contributed by atoms with Gasteiger partial charge < -0.3 is 9.64 Å². The molecule has 2 aromatic carbocycles. The van der Waals surface area contributed by atoms with E-state index in [1.54, 1.807) is 11.3 Å². The van der Waals surface area contributed by atoms with Gasteiger partial charge in [0.1, 0.15) is 17.4 Å². The highest BCUT2D eigenvalue weighted by atomic mass is 35.5. The van der Waals surface area contributed by atoms with Gasteiger partial charge in [0.05, 0.1) is 10.2 Å². The molecule has 1 heterocycles. The maximum absolute atomic E-state index is 6.01. The lowest BCUT2D eigenvalue weighted by Crippen LogP contribution is -2.19. The Morgan fingerprint density at radius 1 is 1.14 bits per heavy atom. The molecule has 3 aromatic rings. The van der Waals surface area contributed by atoms with Crippen LogP contribution in [0.1, 0.15) is 0 Å². The third kappa shape index (κ3) is 3.58. The number of hydrogen-bond acceptors (Lipinski definition) is 4. The summed E-state index contributed by atoms with van der Waals surface area (Å²) in [5.41, 5.74) is 2.04. The Hall–Kier alpha value is -1.62. The fourth-order valence-corrected chi connectivity index (χ4v) is 3.18. The van der Waals surface area contributed by atoms with Gasteiger partial charge >= 0.3 is 0 Å². The molecule has 0 aliphatic heterocycles. The number of thiazole rings is 1. The molecule has 0 bridgehead atoms. The second-order valence-corrected chi connectivity index (χ2v) is 6.77. The maximum Gasteiger partial charge on any atom is 0.124 e. The van der Waals surface area contributed by atoms with Crippen molar-refractivity contribution in [3.63, 3.8) is 0 Å². The molecule has 114 valence electrons. The lowest BCUT2D eigenvalue weighted by atomic mass is 10.2. The van der Waals surface area contributed by atoms with Crippen LogP contribution in [0.3, 0.4) is 0 Å². The highest BCUT2D eigenvalue weighted by molar-refractivity contribution is 7.21. The van der Waals surface area contributed by atoms with Crippen LogP contribution in [-0.2, 0) is 0 Å². The van der Waals surface area contributed by atoms with E-state index in [1.807, 2.05) is 56.6 Å². The minimum atomic E-state index is 0.686. The second kappa shape index (κ2) is 6.65. The summed E-state index contributed by atoms with van der Waals surface area (Å²) in [5, 5.41) is 1.71. The molecule has 0 N–H and O–H groups in total. The van der Waals surface area contributed by atoms with Crippen molar-refractivity contribution in [2.24, 2.45) is 0 Å². The molecule has 0 radical (unpaired) electrons. The van der Waals surface area contributed by atoms with Gasteiger partial charge in [0.15, 0.2) is 0 Å². The number of fused-ring (bicyclic) bond motifs is 1. The molecule has 3 rings (SSSR count). The quantitative estimate of drug-likeness (QED) is 0.685. The number of ether oxygens (including phenoxy) is 1. The summed E-state index contributed by atoms with van der Waals surface area (Å²) < 4.78 is 6.85. The molecule has 0 fully saturated rings. The number of aromatic nitrogens is 1. The first-order valence-corrected chi connectivity index (χ1v) is 8.25. The van der Waals surface area contributed by atoms with Crippen LogP contribution in [0.5, 0.6) is 5.75 Å². The topological polar surface area (TPSA) is 25.4 Å². The zero-order valence-corrected chi connectivity index (χ0v) is 14.1. The van der Waals surface area contributed by atoms with Gasteiger partial charge in [0.25, 0.3) is 0 Å². The summed E-state index contributed by atoms with van der Waals surface area (Å²) in [6.45, 7) is 1.59. The molecule has 3 nitrogen and oxygen atoms in total. The molecule has 0 aliphatic rings. The molecule has 0 saturated heterocycles. The average molecular weight is 333 g/mol. The summed E-state index contributed by atoms with van der Waals surface area (Å²) in [6, 6.07) is 13.9. The Morgan fingerprint density at radius 2 is 1.91 bits per heavy atom. The van der Waals surface area contributed by atoms with E-state index in [-0.39, 0.29) is 0 Å². The summed E-state index contributed by atoms with van der Waals surface area (Å²) in [5.74, 6) is 0.884. The third-order valence-electron chi connectivity index (χ3n) is 3.26. The molecule has 1 aromatic heterocycles. The van der Waals surface area contributed by atoms with E-state index in [4.69, 9.17) is 16.3 Å². The lowest BCUT2D eigenvalue weighted by molar-refractivity contribution is 0.261. The van der Waals surface area contributed by atoms with Crippen molar-refractivity contribution in [2.75, 3.05) is 27.2 Å². The predicted molar refractivity (Wildman–Crippen MR) is 94.1 cm³/mol. The van der Waals surface area contributed by atoms with Crippen molar-refractivity contribution in [1.82, 2.24) is 9.88 Å². The van der Waals surface area contributed by atoms with Crippen LogP contribution in [0.2, 0.25) is 5.02 Å². The molecule has 0 atom stereocenters. The molecule has 5 heteroatoms. The Labute approximate surface area is 139 Å². The van der Waals surface area contributed by atoms with E-state index in [2.05, 4.69) is 9.88 Å². The van der Waals surface area contributed by atoms with Crippen LogP contribution in [0.15, 0.2) is 42.5 Å². The van der Waals surface area contributed by atoms with Gasteiger partial charge in [-0.15, -0.1) is 11.3 Å². The fraction of sp³-hybridized carbons (Fsp3) is 0.235. The van der Waals surface area contributed by atoms with E-state index in [1.165, 1.54) is 0 Å². The highest BCUT2D eigenvalue weighted by Crippen LogP contribution is 2.32. The van der Waals surface area contributed by atoms with E-state index in [0.717, 1.165) is 33.1 Å². The number of rotatable bonds is 5. The molecular weight excluding hydrogens is 316 g/mol. The summed E-state index contributed by atoms with van der Waals surface area (Å²) in [4.78, 5) is 6.74. The minimum Gasteiger partial charge on any atom is -0.492 e. The van der Waals surface area contributed by atoms with Gasteiger partial charge in [-0.1, -0.05) is 11.6 Å².